The van der Waals surface area contributed by atoms with Gasteiger partial charge in [-0.1, -0.05) is 36.4 Å². The molecule has 6 nitrogen and oxygen atoms in total. The van der Waals surface area contributed by atoms with Crippen LogP contribution in [0.2, 0.25) is 0 Å². The molecule has 0 saturated carbocycles. The molecule has 1 aliphatic heterocycles. The molecule has 180 valence electrons. The molecule has 0 spiro atoms. The Kier molecular flexibility index (Phi) is 7.47. The molecule has 2 N–H and O–H groups in total. The van der Waals surface area contributed by atoms with Gasteiger partial charge < -0.3 is 9.30 Å². The standard InChI is InChI=1S/C28H31N5OS/c1-32(16-7-10-23-18-26(31-30-23)21-8-3-2-4-9-21)28(34)22-12-14-25(15-13-22)35-20-24-19-33-17-6-5-11-27(33)29-24/h2-6,8-9,11-15,17,19,23,26,30-31H,7,10,16,18,20H2,1H3. The molecule has 2 aromatic heterocycles. The van der Waals surface area contributed by atoms with E-state index in [0.717, 1.165) is 53.4 Å². The van der Waals surface area contributed by atoms with Crippen molar-refractivity contribution < 1.29 is 4.79 Å². The molecule has 1 aliphatic rings. The number of hydrogen-bond donors (Lipinski definition) is 2. The van der Waals surface area contributed by atoms with E-state index in [1.807, 2.05) is 71.1 Å². The summed E-state index contributed by atoms with van der Waals surface area (Å²) in [6, 6.07) is 25.2. The minimum atomic E-state index is 0.0709. The highest BCUT2D eigenvalue weighted by Crippen LogP contribution is 2.25. The lowest BCUT2D eigenvalue weighted by atomic mass is 10.00. The van der Waals surface area contributed by atoms with E-state index in [1.54, 1.807) is 11.8 Å². The van der Waals surface area contributed by atoms with Crippen LogP contribution in [0.3, 0.4) is 0 Å². The Morgan fingerprint density at radius 2 is 1.86 bits per heavy atom. The Balaban J connectivity index is 1.06. The maximum Gasteiger partial charge on any atom is 0.253 e. The van der Waals surface area contributed by atoms with Gasteiger partial charge >= 0.3 is 0 Å². The predicted molar refractivity (Wildman–Crippen MR) is 141 cm³/mol. The van der Waals surface area contributed by atoms with Crippen LogP contribution in [0.25, 0.3) is 5.65 Å². The maximum atomic E-state index is 12.9. The van der Waals surface area contributed by atoms with Crippen LogP contribution in [0, 0.1) is 0 Å². The van der Waals surface area contributed by atoms with E-state index < -0.39 is 0 Å². The Morgan fingerprint density at radius 3 is 2.66 bits per heavy atom. The molecule has 35 heavy (non-hydrogen) atoms. The molecule has 2 unspecified atom stereocenters. The van der Waals surface area contributed by atoms with Crippen LogP contribution in [0.4, 0.5) is 0 Å². The number of nitrogens with one attached hydrogen (secondary N) is 2. The van der Waals surface area contributed by atoms with E-state index in [1.165, 1.54) is 5.56 Å². The molecule has 1 fully saturated rings. The van der Waals surface area contributed by atoms with Gasteiger partial charge in [-0.2, -0.15) is 0 Å². The monoisotopic (exact) mass is 485 g/mol. The lowest BCUT2D eigenvalue weighted by molar-refractivity contribution is 0.0791. The van der Waals surface area contributed by atoms with Gasteiger partial charge in [0.05, 0.1) is 5.69 Å². The van der Waals surface area contributed by atoms with Crippen molar-refractivity contribution >= 4 is 23.3 Å². The van der Waals surface area contributed by atoms with Crippen molar-refractivity contribution in [2.75, 3.05) is 13.6 Å². The van der Waals surface area contributed by atoms with E-state index in [0.29, 0.717) is 12.1 Å². The molecule has 1 saturated heterocycles. The van der Waals surface area contributed by atoms with Crippen molar-refractivity contribution in [1.82, 2.24) is 25.1 Å². The molecule has 2 atom stereocenters. The van der Waals surface area contributed by atoms with Gasteiger partial charge in [-0.05, 0) is 61.2 Å². The van der Waals surface area contributed by atoms with Crippen LogP contribution in [0.5, 0.6) is 0 Å². The Bertz CT molecular complexity index is 1220. The van der Waals surface area contributed by atoms with Crippen molar-refractivity contribution in [2.24, 2.45) is 0 Å². The molecule has 0 aliphatic carbocycles. The third-order valence-electron chi connectivity index (χ3n) is 6.48. The maximum absolute atomic E-state index is 12.9. The van der Waals surface area contributed by atoms with Gasteiger partial charge in [0.25, 0.3) is 5.91 Å². The average molecular weight is 486 g/mol. The topological polar surface area (TPSA) is 61.7 Å². The first-order valence-corrected chi connectivity index (χ1v) is 13.1. The Labute approximate surface area is 210 Å². The van der Waals surface area contributed by atoms with Crippen molar-refractivity contribution in [1.29, 1.82) is 0 Å². The molecule has 0 radical (unpaired) electrons. The zero-order chi connectivity index (χ0) is 24.0. The number of pyridine rings is 1. The minimum absolute atomic E-state index is 0.0709. The fraction of sp³-hybridized carbons (Fsp3) is 0.286. The van der Waals surface area contributed by atoms with Gasteiger partial charge in [0.2, 0.25) is 0 Å². The second-order valence-electron chi connectivity index (χ2n) is 9.06. The predicted octanol–water partition coefficient (Wildman–Crippen LogP) is 5.09. The molecule has 0 bridgehead atoms. The van der Waals surface area contributed by atoms with E-state index in [9.17, 15) is 4.79 Å². The first-order chi connectivity index (χ1) is 17.2. The quantitative estimate of drug-likeness (QED) is 0.324. The summed E-state index contributed by atoms with van der Waals surface area (Å²) in [4.78, 5) is 20.5. The molecule has 3 heterocycles. The number of aromatic nitrogens is 2. The van der Waals surface area contributed by atoms with E-state index in [-0.39, 0.29) is 5.91 Å². The summed E-state index contributed by atoms with van der Waals surface area (Å²) < 4.78 is 2.04. The van der Waals surface area contributed by atoms with Crippen LogP contribution < -0.4 is 10.9 Å². The highest BCUT2D eigenvalue weighted by Gasteiger charge is 2.24. The average Bonchev–Trinajstić information content (AvgIpc) is 3.55. The number of hydrazine groups is 1. The number of carbonyl (C=O) groups is 1. The van der Waals surface area contributed by atoms with Crippen LogP contribution in [-0.4, -0.2) is 39.8 Å². The summed E-state index contributed by atoms with van der Waals surface area (Å²) in [6.45, 7) is 0.747. The SMILES string of the molecule is CN(CCCC1CC(c2ccccc2)NN1)C(=O)c1ccc(SCc2cn3ccccc3n2)cc1. The smallest absolute Gasteiger partial charge is 0.253 e. The molecule has 5 rings (SSSR count). The fourth-order valence-electron chi connectivity index (χ4n) is 4.52. The van der Waals surface area contributed by atoms with Crippen molar-refractivity contribution in [3.05, 3.63) is 102 Å². The number of carbonyl (C=O) groups excluding carboxylic acids is 1. The molecule has 7 heteroatoms. The molecule has 2 aromatic carbocycles. The first-order valence-electron chi connectivity index (χ1n) is 12.1. The number of imidazole rings is 1. The number of nitrogens with zero attached hydrogens (tertiary/aromatic N) is 3. The number of thioether (sulfide) groups is 1. The van der Waals surface area contributed by atoms with Gasteiger partial charge in [0, 0.05) is 54.3 Å². The Hall–Kier alpha value is -3.13. The second-order valence-corrected chi connectivity index (χ2v) is 10.1. The van der Waals surface area contributed by atoms with Gasteiger partial charge in [0.1, 0.15) is 5.65 Å². The largest absolute Gasteiger partial charge is 0.342 e. The molecule has 1 amide bonds. The van der Waals surface area contributed by atoms with Crippen LogP contribution in [-0.2, 0) is 5.75 Å². The highest BCUT2D eigenvalue weighted by molar-refractivity contribution is 7.98. The van der Waals surface area contributed by atoms with E-state index in [4.69, 9.17) is 0 Å². The van der Waals surface area contributed by atoms with Gasteiger partial charge in [-0.3, -0.25) is 15.6 Å². The normalized spacial score (nSPS) is 17.6. The summed E-state index contributed by atoms with van der Waals surface area (Å²) in [7, 11) is 1.89. The zero-order valence-corrected chi connectivity index (χ0v) is 20.7. The summed E-state index contributed by atoms with van der Waals surface area (Å²) >= 11 is 1.73. The summed E-state index contributed by atoms with van der Waals surface area (Å²) in [5, 5.41) is 0. The zero-order valence-electron chi connectivity index (χ0n) is 19.9. The summed E-state index contributed by atoms with van der Waals surface area (Å²) in [5.74, 6) is 0.867. The summed E-state index contributed by atoms with van der Waals surface area (Å²) in [6.07, 6.45) is 7.14. The van der Waals surface area contributed by atoms with E-state index in [2.05, 4.69) is 46.3 Å². The van der Waals surface area contributed by atoms with Gasteiger partial charge in [-0.25, -0.2) is 4.98 Å². The minimum Gasteiger partial charge on any atom is -0.342 e. The third-order valence-corrected chi connectivity index (χ3v) is 7.52. The van der Waals surface area contributed by atoms with E-state index >= 15 is 0 Å². The second kappa shape index (κ2) is 11.1. The summed E-state index contributed by atoms with van der Waals surface area (Å²) in [5.41, 5.74) is 10.9. The number of rotatable bonds is 9. The number of fused-ring (bicyclic) bond motifs is 1. The van der Waals surface area contributed by atoms with Gasteiger partial charge in [0.15, 0.2) is 0 Å². The molecule has 4 aromatic rings. The third kappa shape index (κ3) is 5.93. The van der Waals surface area contributed by atoms with Crippen LogP contribution in [0.15, 0.2) is 90.1 Å². The van der Waals surface area contributed by atoms with Crippen LogP contribution in [0.1, 0.15) is 46.9 Å². The Morgan fingerprint density at radius 1 is 1.06 bits per heavy atom. The highest BCUT2D eigenvalue weighted by atomic mass is 32.2. The van der Waals surface area contributed by atoms with Crippen molar-refractivity contribution in [3.63, 3.8) is 0 Å². The lowest BCUT2D eigenvalue weighted by Gasteiger charge is -2.18. The fourth-order valence-corrected chi connectivity index (χ4v) is 5.30. The first kappa shape index (κ1) is 23.6. The lowest BCUT2D eigenvalue weighted by Crippen LogP contribution is -2.32. The molecular weight excluding hydrogens is 454 g/mol. The van der Waals surface area contributed by atoms with Crippen LogP contribution >= 0.6 is 11.8 Å². The van der Waals surface area contributed by atoms with Gasteiger partial charge in [-0.15, -0.1) is 11.8 Å². The number of hydrogen-bond acceptors (Lipinski definition) is 5. The number of amides is 1. The molecular formula is C28H31N5OS. The van der Waals surface area contributed by atoms with Crippen molar-refractivity contribution in [3.8, 4) is 0 Å². The van der Waals surface area contributed by atoms with Crippen molar-refractivity contribution in [2.45, 2.75) is 42.0 Å². The number of benzene rings is 2.